The van der Waals surface area contributed by atoms with Crippen molar-refractivity contribution in [2.24, 2.45) is 11.8 Å². The molecule has 0 radical (unpaired) electrons. The van der Waals surface area contributed by atoms with E-state index in [-0.39, 0.29) is 17.7 Å². The van der Waals surface area contributed by atoms with Crippen LogP contribution in [0.25, 0.3) is 0 Å². The SMILES string of the molecule is CC1CC1c1ccc(CN(C(=O)C2CCCN(C(=O)c3cccs3)C2)C2CC2)o1. The van der Waals surface area contributed by atoms with Crippen LogP contribution < -0.4 is 0 Å². The fraction of sp³-hybridized carbons (Fsp3) is 0.565. The summed E-state index contributed by atoms with van der Waals surface area (Å²) in [6.45, 7) is 4.08. The van der Waals surface area contributed by atoms with Gasteiger partial charge in [0.1, 0.15) is 11.5 Å². The lowest BCUT2D eigenvalue weighted by atomic mass is 9.96. The molecule has 3 fully saturated rings. The predicted octanol–water partition coefficient (Wildman–Crippen LogP) is 4.51. The zero-order chi connectivity index (χ0) is 20.0. The van der Waals surface area contributed by atoms with Crippen LogP contribution in [0.3, 0.4) is 0 Å². The average molecular weight is 413 g/mol. The molecule has 0 N–H and O–H groups in total. The van der Waals surface area contributed by atoms with Gasteiger partial charge in [-0.15, -0.1) is 11.3 Å². The highest BCUT2D eigenvalue weighted by atomic mass is 32.1. The third-order valence-electron chi connectivity index (χ3n) is 6.54. The van der Waals surface area contributed by atoms with E-state index in [1.807, 2.05) is 33.4 Å². The van der Waals surface area contributed by atoms with Gasteiger partial charge in [-0.1, -0.05) is 13.0 Å². The number of rotatable bonds is 6. The van der Waals surface area contributed by atoms with E-state index in [1.165, 1.54) is 17.8 Å². The van der Waals surface area contributed by atoms with Crippen molar-refractivity contribution < 1.29 is 14.0 Å². The van der Waals surface area contributed by atoms with E-state index in [2.05, 4.69) is 13.0 Å². The average Bonchev–Trinajstić information content (AvgIpc) is 3.59. The van der Waals surface area contributed by atoms with Crippen LogP contribution in [0.2, 0.25) is 0 Å². The predicted molar refractivity (Wildman–Crippen MR) is 112 cm³/mol. The van der Waals surface area contributed by atoms with Gasteiger partial charge in [0.05, 0.1) is 17.3 Å². The van der Waals surface area contributed by atoms with Gasteiger partial charge >= 0.3 is 0 Å². The Morgan fingerprint density at radius 2 is 2.07 bits per heavy atom. The molecule has 2 aromatic heterocycles. The zero-order valence-corrected chi connectivity index (χ0v) is 17.7. The van der Waals surface area contributed by atoms with Crippen LogP contribution in [0.1, 0.15) is 66.1 Å². The lowest BCUT2D eigenvalue weighted by molar-refractivity contribution is -0.138. The van der Waals surface area contributed by atoms with E-state index in [0.29, 0.717) is 31.0 Å². The van der Waals surface area contributed by atoms with Crippen LogP contribution in [0.15, 0.2) is 34.1 Å². The van der Waals surface area contributed by atoms with Crippen molar-refractivity contribution in [3.05, 3.63) is 46.0 Å². The van der Waals surface area contributed by atoms with Gasteiger partial charge in [-0.3, -0.25) is 9.59 Å². The Kier molecular flexibility index (Phi) is 4.98. The van der Waals surface area contributed by atoms with Crippen LogP contribution in [0, 0.1) is 11.8 Å². The smallest absolute Gasteiger partial charge is 0.263 e. The molecule has 154 valence electrons. The molecule has 0 aromatic carbocycles. The second-order valence-electron chi connectivity index (χ2n) is 8.89. The molecule has 5 nitrogen and oxygen atoms in total. The summed E-state index contributed by atoms with van der Waals surface area (Å²) in [4.78, 5) is 30.8. The number of carbonyl (C=O) groups is 2. The fourth-order valence-corrected chi connectivity index (χ4v) is 5.18. The molecule has 3 unspecified atom stereocenters. The molecule has 3 aliphatic rings. The summed E-state index contributed by atoms with van der Waals surface area (Å²) >= 11 is 1.47. The van der Waals surface area contributed by atoms with Crippen LogP contribution in [-0.2, 0) is 11.3 Å². The molecule has 3 heterocycles. The normalized spacial score (nSPS) is 26.4. The van der Waals surface area contributed by atoms with E-state index < -0.39 is 0 Å². The quantitative estimate of drug-likeness (QED) is 0.702. The molecule has 2 amide bonds. The molecule has 1 saturated heterocycles. The van der Waals surface area contributed by atoms with Crippen molar-refractivity contribution in [3.63, 3.8) is 0 Å². The number of hydrogen-bond acceptors (Lipinski definition) is 4. The molecule has 2 aromatic rings. The number of furan rings is 1. The van der Waals surface area contributed by atoms with Gasteiger partial charge < -0.3 is 14.2 Å². The first-order chi connectivity index (χ1) is 14.1. The van der Waals surface area contributed by atoms with Crippen molar-refractivity contribution >= 4 is 23.2 Å². The third kappa shape index (κ3) is 4.00. The van der Waals surface area contributed by atoms with Crippen molar-refractivity contribution in [1.29, 1.82) is 0 Å². The Hall–Kier alpha value is -2.08. The largest absolute Gasteiger partial charge is 0.464 e. The lowest BCUT2D eigenvalue weighted by Crippen LogP contribution is -2.47. The van der Waals surface area contributed by atoms with E-state index in [4.69, 9.17) is 4.42 Å². The van der Waals surface area contributed by atoms with E-state index in [1.54, 1.807) is 0 Å². The van der Waals surface area contributed by atoms with Gasteiger partial charge in [-0.05, 0) is 61.6 Å². The van der Waals surface area contributed by atoms with Crippen LogP contribution in [0.4, 0.5) is 0 Å². The summed E-state index contributed by atoms with van der Waals surface area (Å²) in [6.07, 6.45) is 5.09. The van der Waals surface area contributed by atoms with Crippen molar-refractivity contribution in [1.82, 2.24) is 9.80 Å². The summed E-state index contributed by atoms with van der Waals surface area (Å²) < 4.78 is 6.08. The van der Waals surface area contributed by atoms with Gasteiger partial charge in [0.25, 0.3) is 5.91 Å². The van der Waals surface area contributed by atoms with E-state index in [0.717, 1.165) is 48.6 Å². The monoisotopic (exact) mass is 412 g/mol. The minimum atomic E-state index is -0.105. The Morgan fingerprint density at radius 3 is 2.76 bits per heavy atom. The minimum absolute atomic E-state index is 0.0599. The van der Waals surface area contributed by atoms with Gasteiger partial charge in [0.2, 0.25) is 5.91 Å². The van der Waals surface area contributed by atoms with Gasteiger partial charge in [-0.25, -0.2) is 0 Å². The van der Waals surface area contributed by atoms with Crippen LogP contribution in [0.5, 0.6) is 0 Å². The number of carbonyl (C=O) groups excluding carboxylic acids is 2. The summed E-state index contributed by atoms with van der Waals surface area (Å²) in [5.74, 6) is 3.38. The van der Waals surface area contributed by atoms with Crippen molar-refractivity contribution in [2.75, 3.05) is 13.1 Å². The van der Waals surface area contributed by atoms with Gasteiger partial charge in [0.15, 0.2) is 0 Å². The first kappa shape index (κ1) is 18.9. The molecule has 0 bridgehead atoms. The number of likely N-dealkylation sites (tertiary alicyclic amines) is 1. The Balaban J connectivity index is 1.26. The number of amides is 2. The molecule has 5 rings (SSSR count). The number of hydrogen-bond donors (Lipinski definition) is 0. The first-order valence-electron chi connectivity index (χ1n) is 10.8. The molecule has 2 aliphatic carbocycles. The topological polar surface area (TPSA) is 53.8 Å². The highest BCUT2D eigenvalue weighted by Gasteiger charge is 2.40. The van der Waals surface area contributed by atoms with E-state index in [9.17, 15) is 9.59 Å². The van der Waals surface area contributed by atoms with E-state index >= 15 is 0 Å². The fourth-order valence-electron chi connectivity index (χ4n) is 4.49. The van der Waals surface area contributed by atoms with Crippen molar-refractivity contribution in [2.45, 2.75) is 57.5 Å². The Labute approximate surface area is 175 Å². The Bertz CT molecular complexity index is 886. The summed E-state index contributed by atoms with van der Waals surface area (Å²) in [5.41, 5.74) is 0. The van der Waals surface area contributed by atoms with Crippen molar-refractivity contribution in [3.8, 4) is 0 Å². The standard InChI is InChI=1S/C23H28N2O3S/c1-15-12-19(15)20-9-8-18(28-20)14-25(17-6-7-17)22(26)16-4-2-10-24(13-16)23(27)21-5-3-11-29-21/h3,5,8-9,11,15-17,19H,2,4,6-7,10,12-14H2,1H3. The summed E-state index contributed by atoms with van der Waals surface area (Å²) in [5, 5.41) is 1.93. The van der Waals surface area contributed by atoms with Crippen LogP contribution in [-0.4, -0.2) is 40.7 Å². The second-order valence-corrected chi connectivity index (χ2v) is 9.84. The Morgan fingerprint density at radius 1 is 1.24 bits per heavy atom. The number of nitrogens with zero attached hydrogens (tertiary/aromatic N) is 2. The maximum absolute atomic E-state index is 13.4. The number of thiophene rings is 1. The van der Waals surface area contributed by atoms with Gasteiger partial charge in [0, 0.05) is 25.0 Å². The lowest BCUT2D eigenvalue weighted by Gasteiger charge is -2.34. The first-order valence-corrected chi connectivity index (χ1v) is 11.7. The molecular formula is C23H28N2O3S. The minimum Gasteiger partial charge on any atom is -0.464 e. The number of piperidine rings is 1. The highest BCUT2D eigenvalue weighted by Crippen LogP contribution is 2.47. The van der Waals surface area contributed by atoms with Crippen LogP contribution >= 0.6 is 11.3 Å². The summed E-state index contributed by atoms with van der Waals surface area (Å²) in [6, 6.07) is 8.22. The molecular weight excluding hydrogens is 384 g/mol. The molecule has 2 saturated carbocycles. The maximum Gasteiger partial charge on any atom is 0.263 e. The molecule has 0 spiro atoms. The molecule has 6 heteroatoms. The maximum atomic E-state index is 13.4. The zero-order valence-electron chi connectivity index (χ0n) is 16.9. The second kappa shape index (κ2) is 7.63. The third-order valence-corrected chi connectivity index (χ3v) is 7.40. The molecule has 3 atom stereocenters. The molecule has 29 heavy (non-hydrogen) atoms. The van der Waals surface area contributed by atoms with Gasteiger partial charge in [-0.2, -0.15) is 0 Å². The molecule has 1 aliphatic heterocycles. The highest BCUT2D eigenvalue weighted by molar-refractivity contribution is 7.12. The summed E-state index contributed by atoms with van der Waals surface area (Å²) in [7, 11) is 0.